The van der Waals surface area contributed by atoms with Crippen molar-refractivity contribution in [1.82, 2.24) is 19.4 Å². The van der Waals surface area contributed by atoms with Crippen LogP contribution in [0.5, 0.6) is 0 Å². The van der Waals surface area contributed by atoms with Crippen molar-refractivity contribution in [3.8, 4) is 5.69 Å². The average molecular weight is 550 g/mol. The van der Waals surface area contributed by atoms with Crippen LogP contribution in [0.4, 0.5) is 13.2 Å². The summed E-state index contributed by atoms with van der Waals surface area (Å²) in [6.07, 6.45) is -0.222. The molecule has 37 heavy (non-hydrogen) atoms. The summed E-state index contributed by atoms with van der Waals surface area (Å²) in [5, 5.41) is 14.7. The number of hydroxylamine groups is 3. The molecule has 0 atom stereocenters. The van der Waals surface area contributed by atoms with Crippen molar-refractivity contribution < 1.29 is 22.6 Å². The van der Waals surface area contributed by atoms with Gasteiger partial charge in [0, 0.05) is 40.3 Å². The number of carbonyl (C=O) groups excluding carboxylic acids is 1. The van der Waals surface area contributed by atoms with Crippen LogP contribution in [0.3, 0.4) is 0 Å². The lowest BCUT2D eigenvalue weighted by Crippen LogP contribution is -2.56. The van der Waals surface area contributed by atoms with Crippen LogP contribution in [0.15, 0.2) is 61.1 Å². The number of rotatable bonds is 4. The Morgan fingerprint density at radius 1 is 1.03 bits per heavy atom. The van der Waals surface area contributed by atoms with Crippen molar-refractivity contribution in [3.63, 3.8) is 0 Å². The van der Waals surface area contributed by atoms with Gasteiger partial charge < -0.3 is 19.3 Å². The number of aromatic nitrogens is 3. The van der Waals surface area contributed by atoms with E-state index < -0.39 is 16.5 Å². The summed E-state index contributed by atoms with van der Waals surface area (Å²) < 4.78 is 39.4. The molecule has 1 fully saturated rings. The van der Waals surface area contributed by atoms with Crippen LogP contribution < -0.4 is 0 Å². The third-order valence-electron chi connectivity index (χ3n) is 6.43. The second-order valence-electron chi connectivity index (χ2n) is 8.89. The van der Waals surface area contributed by atoms with Crippen LogP contribution in [0.25, 0.3) is 16.6 Å². The third-order valence-corrected chi connectivity index (χ3v) is 6.96. The summed E-state index contributed by atoms with van der Waals surface area (Å²) in [5.74, 6) is -0.248. The fourth-order valence-electron chi connectivity index (χ4n) is 4.49. The highest BCUT2D eigenvalue weighted by Gasteiger charge is 2.33. The number of hydrogen-bond acceptors (Lipinski definition) is 4. The number of amides is 1. The molecule has 1 aliphatic heterocycles. The summed E-state index contributed by atoms with van der Waals surface area (Å²) in [6, 6.07) is 10.9. The number of halogens is 5. The van der Waals surface area contributed by atoms with E-state index in [0.717, 1.165) is 18.0 Å². The number of piperazine rings is 1. The first-order valence-electron chi connectivity index (χ1n) is 11.3. The van der Waals surface area contributed by atoms with Gasteiger partial charge in [-0.25, -0.2) is 4.98 Å². The van der Waals surface area contributed by atoms with Gasteiger partial charge in [0.25, 0.3) is 5.91 Å². The molecule has 3 aromatic heterocycles. The van der Waals surface area contributed by atoms with E-state index in [1.54, 1.807) is 46.0 Å². The molecule has 1 amide bonds. The van der Waals surface area contributed by atoms with E-state index in [-0.39, 0.29) is 43.8 Å². The number of alkyl halides is 3. The molecule has 192 valence electrons. The van der Waals surface area contributed by atoms with E-state index >= 15 is 0 Å². The van der Waals surface area contributed by atoms with Crippen molar-refractivity contribution in [3.05, 3.63) is 93.3 Å². The van der Waals surface area contributed by atoms with Gasteiger partial charge in [-0.15, -0.1) is 0 Å². The maximum Gasteiger partial charge on any atom is 0.433 e. The van der Waals surface area contributed by atoms with Crippen LogP contribution in [-0.4, -0.2) is 56.2 Å². The Bertz CT molecular complexity index is 1450. The largest absolute Gasteiger partial charge is 0.632 e. The van der Waals surface area contributed by atoms with E-state index in [2.05, 4.69) is 9.97 Å². The van der Waals surface area contributed by atoms with Crippen molar-refractivity contribution in [1.29, 1.82) is 0 Å². The van der Waals surface area contributed by atoms with Crippen LogP contribution in [0, 0.1) is 5.21 Å². The highest BCUT2D eigenvalue weighted by molar-refractivity contribution is 6.34. The zero-order chi connectivity index (χ0) is 26.4. The Kier molecular flexibility index (Phi) is 6.61. The number of pyridine rings is 2. The smallest absolute Gasteiger partial charge is 0.433 e. The fourth-order valence-corrected chi connectivity index (χ4v) is 4.87. The molecule has 7 nitrogen and oxygen atoms in total. The van der Waals surface area contributed by atoms with E-state index in [1.165, 1.54) is 12.3 Å². The molecule has 1 aliphatic rings. The molecule has 5 rings (SSSR count). The average Bonchev–Trinajstić information content (AvgIpc) is 3.25. The van der Waals surface area contributed by atoms with Gasteiger partial charge in [0.05, 0.1) is 37.3 Å². The number of quaternary nitrogens is 1. The molecule has 12 heteroatoms. The van der Waals surface area contributed by atoms with E-state index in [1.807, 2.05) is 0 Å². The third kappa shape index (κ3) is 5.15. The first-order valence-corrected chi connectivity index (χ1v) is 12.1. The topological polar surface area (TPSA) is 74.1 Å². The molecular weight excluding hydrogens is 530 g/mol. The van der Waals surface area contributed by atoms with Gasteiger partial charge in [-0.2, -0.15) is 13.2 Å². The SMILES string of the molecule is O=C(c1cn(-c2ccc(Cl)cc2)c2c(Cl)nccc12)N1CC[N+]([O-])(Cc2ccc(C(F)(F)F)nc2)CC1. The molecule has 1 saturated heterocycles. The fraction of sp³-hybridized carbons (Fsp3) is 0.240. The molecule has 0 aliphatic carbocycles. The molecule has 0 radical (unpaired) electrons. The molecule has 0 N–H and O–H groups in total. The lowest BCUT2D eigenvalue weighted by atomic mass is 10.1. The summed E-state index contributed by atoms with van der Waals surface area (Å²) in [5.41, 5.74) is 1.17. The van der Waals surface area contributed by atoms with Crippen LogP contribution in [-0.2, 0) is 12.7 Å². The number of fused-ring (bicyclic) bond motifs is 1. The summed E-state index contributed by atoms with van der Waals surface area (Å²) >= 11 is 12.4. The normalized spacial score (nSPS) is 15.8. The second-order valence-corrected chi connectivity index (χ2v) is 9.69. The molecule has 0 saturated carbocycles. The lowest BCUT2D eigenvalue weighted by molar-refractivity contribution is -0.897. The van der Waals surface area contributed by atoms with Gasteiger partial charge >= 0.3 is 6.18 Å². The summed E-state index contributed by atoms with van der Waals surface area (Å²) in [6.45, 7) is 0.575. The lowest BCUT2D eigenvalue weighted by Gasteiger charge is -2.48. The van der Waals surface area contributed by atoms with Crippen LogP contribution in [0.2, 0.25) is 10.2 Å². The minimum atomic E-state index is -4.54. The number of hydrogen-bond donors (Lipinski definition) is 0. The summed E-state index contributed by atoms with van der Waals surface area (Å²) in [7, 11) is 0. The Morgan fingerprint density at radius 2 is 1.73 bits per heavy atom. The molecular formula is C25H20Cl2F3N5O2. The van der Waals surface area contributed by atoms with Gasteiger partial charge in [-0.1, -0.05) is 23.2 Å². The van der Waals surface area contributed by atoms with Crippen molar-refractivity contribution in [2.24, 2.45) is 0 Å². The monoisotopic (exact) mass is 549 g/mol. The first kappa shape index (κ1) is 25.5. The molecule has 4 aromatic rings. The minimum Gasteiger partial charge on any atom is -0.632 e. The molecule has 1 aromatic carbocycles. The zero-order valence-electron chi connectivity index (χ0n) is 19.3. The van der Waals surface area contributed by atoms with E-state index in [9.17, 15) is 23.2 Å². The van der Waals surface area contributed by atoms with Crippen LogP contribution >= 0.6 is 23.2 Å². The van der Waals surface area contributed by atoms with Gasteiger partial charge in [0.15, 0.2) is 5.15 Å². The van der Waals surface area contributed by atoms with Gasteiger partial charge in [0.1, 0.15) is 12.2 Å². The second kappa shape index (κ2) is 9.60. The quantitative estimate of drug-likeness (QED) is 0.185. The van der Waals surface area contributed by atoms with Crippen molar-refractivity contribution in [2.75, 3.05) is 26.2 Å². The Balaban J connectivity index is 1.35. The number of nitrogens with zero attached hydrogens (tertiary/aromatic N) is 5. The Labute approximate surface area is 219 Å². The Hall–Kier alpha value is -3.18. The molecule has 0 bridgehead atoms. The van der Waals surface area contributed by atoms with Crippen LogP contribution in [0.1, 0.15) is 21.6 Å². The molecule has 4 heterocycles. The van der Waals surface area contributed by atoms with Gasteiger partial charge in [0.2, 0.25) is 0 Å². The predicted molar refractivity (Wildman–Crippen MR) is 133 cm³/mol. The maximum atomic E-state index is 13.5. The number of benzene rings is 1. The zero-order valence-corrected chi connectivity index (χ0v) is 20.8. The number of carbonyl (C=O) groups is 1. The van der Waals surface area contributed by atoms with Crippen molar-refractivity contribution >= 4 is 40.0 Å². The maximum absolute atomic E-state index is 13.5. The highest BCUT2D eigenvalue weighted by atomic mass is 35.5. The first-order chi connectivity index (χ1) is 17.5. The predicted octanol–water partition coefficient (Wildman–Crippen LogP) is 5.72. The highest BCUT2D eigenvalue weighted by Crippen LogP contribution is 2.31. The van der Waals surface area contributed by atoms with Gasteiger partial charge in [-0.05, 0) is 42.5 Å². The molecule has 0 unspecified atom stereocenters. The van der Waals surface area contributed by atoms with E-state index in [0.29, 0.717) is 27.1 Å². The minimum absolute atomic E-state index is 0.0235. The standard InChI is InChI=1S/C25H20Cl2F3N5O2/c26-17-2-4-18(5-3-17)34-14-20(19-7-8-31-23(27)22(19)34)24(36)33-9-11-35(37,12-10-33)15-16-1-6-21(32-13-16)25(28,29)30/h1-8,13-14H,9-12,15H2. The summed E-state index contributed by atoms with van der Waals surface area (Å²) in [4.78, 5) is 22.7. The molecule has 0 spiro atoms. The van der Waals surface area contributed by atoms with Gasteiger partial charge in [-0.3, -0.25) is 9.78 Å². The Morgan fingerprint density at radius 3 is 2.35 bits per heavy atom. The van der Waals surface area contributed by atoms with Crippen molar-refractivity contribution in [2.45, 2.75) is 12.7 Å². The van der Waals surface area contributed by atoms with E-state index in [4.69, 9.17) is 23.2 Å².